The normalized spacial score (nSPS) is 23.4. The number of β-amino-alcohol motifs (C(OH)–C–C–N with tert-alkyl or cyclic N) is 1. The summed E-state index contributed by atoms with van der Waals surface area (Å²) in [4.78, 5) is 12.1. The second kappa shape index (κ2) is 6.72. The molecule has 0 aromatic heterocycles. The van der Waals surface area contributed by atoms with Crippen molar-refractivity contribution in [3.05, 3.63) is 29.8 Å². The Bertz CT molecular complexity index is 447. The molecule has 0 spiro atoms. The van der Waals surface area contributed by atoms with Crippen LogP contribution in [0.25, 0.3) is 0 Å². The maximum absolute atomic E-state index is 12.1. The molecule has 110 valence electrons. The van der Waals surface area contributed by atoms with Crippen molar-refractivity contribution in [2.45, 2.75) is 18.9 Å². The third kappa shape index (κ3) is 3.49. The Kier molecular flexibility index (Phi) is 4.98. The quantitative estimate of drug-likeness (QED) is 0.733. The van der Waals surface area contributed by atoms with Crippen LogP contribution >= 0.6 is 0 Å². The van der Waals surface area contributed by atoms with Gasteiger partial charge in [0.2, 0.25) is 5.91 Å². The molecule has 0 aliphatic carbocycles. The zero-order valence-corrected chi connectivity index (χ0v) is 11.9. The number of aliphatic hydroxyl groups excluding tert-OH is 1. The fourth-order valence-electron chi connectivity index (χ4n) is 2.36. The number of carbonyl (C=O) groups is 1. The monoisotopic (exact) mass is 278 g/mol. The second-order valence-electron chi connectivity index (χ2n) is 5.23. The van der Waals surface area contributed by atoms with Crippen LogP contribution in [0.1, 0.15) is 18.4 Å². The van der Waals surface area contributed by atoms with Gasteiger partial charge in [0.05, 0.1) is 19.1 Å². The summed E-state index contributed by atoms with van der Waals surface area (Å²) in [6.45, 7) is 3.74. The average Bonchev–Trinajstić information content (AvgIpc) is 2.89. The van der Waals surface area contributed by atoms with Gasteiger partial charge in [-0.05, 0) is 24.6 Å². The highest BCUT2D eigenvalue weighted by Crippen LogP contribution is 2.19. The minimum atomic E-state index is -0.369. The largest absolute Gasteiger partial charge is 0.497 e. The third-order valence-corrected chi connectivity index (χ3v) is 3.85. The van der Waals surface area contributed by atoms with Crippen molar-refractivity contribution in [1.29, 1.82) is 0 Å². The first-order valence-corrected chi connectivity index (χ1v) is 6.92. The lowest BCUT2D eigenvalue weighted by Gasteiger charge is -2.17. The SMILES string of the molecule is COc1ccc(C(C)C(=O)NCC2CNCC2O)cc1. The van der Waals surface area contributed by atoms with Gasteiger partial charge in [0, 0.05) is 25.6 Å². The summed E-state index contributed by atoms with van der Waals surface area (Å²) in [6, 6.07) is 7.50. The van der Waals surface area contributed by atoms with Gasteiger partial charge >= 0.3 is 0 Å². The minimum absolute atomic E-state index is 0.0192. The number of rotatable bonds is 5. The minimum Gasteiger partial charge on any atom is -0.497 e. The summed E-state index contributed by atoms with van der Waals surface area (Å²) >= 11 is 0. The number of aliphatic hydroxyl groups is 1. The molecule has 0 bridgehead atoms. The molecule has 3 unspecified atom stereocenters. The summed E-state index contributed by atoms with van der Waals surface area (Å²) in [5.74, 6) is 0.644. The number of benzene rings is 1. The molecule has 3 atom stereocenters. The number of ether oxygens (including phenoxy) is 1. The van der Waals surface area contributed by atoms with Crippen LogP contribution in [0.15, 0.2) is 24.3 Å². The van der Waals surface area contributed by atoms with E-state index in [0.29, 0.717) is 13.1 Å². The summed E-state index contributed by atoms with van der Waals surface area (Å²) < 4.78 is 5.10. The predicted molar refractivity (Wildman–Crippen MR) is 76.8 cm³/mol. The fourth-order valence-corrected chi connectivity index (χ4v) is 2.36. The van der Waals surface area contributed by atoms with Gasteiger partial charge in [0.1, 0.15) is 5.75 Å². The third-order valence-electron chi connectivity index (χ3n) is 3.85. The highest BCUT2D eigenvalue weighted by molar-refractivity contribution is 5.83. The molecule has 1 fully saturated rings. The molecule has 1 heterocycles. The van der Waals surface area contributed by atoms with E-state index in [9.17, 15) is 9.90 Å². The van der Waals surface area contributed by atoms with E-state index in [-0.39, 0.29) is 23.8 Å². The molecule has 5 nitrogen and oxygen atoms in total. The Labute approximate surface area is 119 Å². The van der Waals surface area contributed by atoms with Crippen LogP contribution in [0.2, 0.25) is 0 Å². The van der Waals surface area contributed by atoms with Crippen molar-refractivity contribution in [1.82, 2.24) is 10.6 Å². The van der Waals surface area contributed by atoms with Gasteiger partial charge < -0.3 is 20.5 Å². The maximum atomic E-state index is 12.1. The number of hydrogen-bond donors (Lipinski definition) is 3. The van der Waals surface area contributed by atoms with Crippen LogP contribution in [0.3, 0.4) is 0 Å². The van der Waals surface area contributed by atoms with Gasteiger partial charge in [-0.1, -0.05) is 12.1 Å². The Hall–Kier alpha value is -1.59. The lowest BCUT2D eigenvalue weighted by molar-refractivity contribution is -0.122. The molecular formula is C15H22N2O3. The Morgan fingerprint density at radius 1 is 1.45 bits per heavy atom. The van der Waals surface area contributed by atoms with E-state index in [1.54, 1.807) is 7.11 Å². The zero-order valence-electron chi connectivity index (χ0n) is 11.9. The van der Waals surface area contributed by atoms with Crippen LogP contribution in [0.4, 0.5) is 0 Å². The molecule has 1 aliphatic heterocycles. The number of methoxy groups -OCH3 is 1. The van der Waals surface area contributed by atoms with E-state index < -0.39 is 0 Å². The first-order chi connectivity index (χ1) is 9.61. The summed E-state index contributed by atoms with van der Waals surface area (Å²) in [5, 5.41) is 15.7. The first-order valence-electron chi connectivity index (χ1n) is 6.92. The number of nitrogens with one attached hydrogen (secondary N) is 2. The van der Waals surface area contributed by atoms with Gasteiger partial charge in [-0.25, -0.2) is 0 Å². The van der Waals surface area contributed by atoms with Crippen molar-refractivity contribution < 1.29 is 14.6 Å². The van der Waals surface area contributed by atoms with Gasteiger partial charge in [-0.3, -0.25) is 4.79 Å². The number of hydrogen-bond acceptors (Lipinski definition) is 4. The van der Waals surface area contributed by atoms with E-state index >= 15 is 0 Å². The van der Waals surface area contributed by atoms with E-state index in [2.05, 4.69) is 10.6 Å². The van der Waals surface area contributed by atoms with Crippen LogP contribution in [0.5, 0.6) is 5.75 Å². The van der Waals surface area contributed by atoms with Crippen LogP contribution in [0, 0.1) is 5.92 Å². The topological polar surface area (TPSA) is 70.6 Å². The molecule has 0 radical (unpaired) electrons. The predicted octanol–water partition coefficient (Wildman–Crippen LogP) is 0.495. The molecule has 1 aromatic carbocycles. The molecule has 2 rings (SSSR count). The molecule has 20 heavy (non-hydrogen) atoms. The van der Waals surface area contributed by atoms with Gasteiger partial charge in [-0.15, -0.1) is 0 Å². The summed E-state index contributed by atoms with van der Waals surface area (Å²) in [7, 11) is 1.62. The molecule has 1 aliphatic rings. The Morgan fingerprint density at radius 3 is 2.70 bits per heavy atom. The van der Waals surface area contributed by atoms with Crippen molar-refractivity contribution in [3.63, 3.8) is 0 Å². The number of carbonyl (C=O) groups excluding carboxylic acids is 1. The Balaban J connectivity index is 1.87. The summed E-state index contributed by atoms with van der Waals surface area (Å²) in [6.07, 6.45) is -0.369. The molecule has 5 heteroatoms. The van der Waals surface area contributed by atoms with Crippen molar-refractivity contribution in [2.75, 3.05) is 26.7 Å². The Morgan fingerprint density at radius 2 is 2.15 bits per heavy atom. The van der Waals surface area contributed by atoms with E-state index in [1.165, 1.54) is 0 Å². The number of amides is 1. The van der Waals surface area contributed by atoms with E-state index in [1.807, 2.05) is 31.2 Å². The van der Waals surface area contributed by atoms with Crippen molar-refractivity contribution in [3.8, 4) is 5.75 Å². The maximum Gasteiger partial charge on any atom is 0.227 e. The van der Waals surface area contributed by atoms with Gasteiger partial charge in [0.15, 0.2) is 0 Å². The molecular weight excluding hydrogens is 256 g/mol. The molecule has 1 saturated heterocycles. The molecule has 1 aromatic rings. The smallest absolute Gasteiger partial charge is 0.227 e. The summed E-state index contributed by atoms with van der Waals surface area (Å²) in [5.41, 5.74) is 0.952. The zero-order chi connectivity index (χ0) is 14.5. The van der Waals surface area contributed by atoms with Crippen molar-refractivity contribution in [2.24, 2.45) is 5.92 Å². The van der Waals surface area contributed by atoms with E-state index in [0.717, 1.165) is 17.9 Å². The molecule has 3 N–H and O–H groups in total. The first kappa shape index (κ1) is 14.8. The van der Waals surface area contributed by atoms with Gasteiger partial charge in [-0.2, -0.15) is 0 Å². The van der Waals surface area contributed by atoms with Crippen LogP contribution in [-0.2, 0) is 4.79 Å². The lowest BCUT2D eigenvalue weighted by Crippen LogP contribution is -2.36. The van der Waals surface area contributed by atoms with E-state index in [4.69, 9.17) is 4.74 Å². The lowest BCUT2D eigenvalue weighted by atomic mass is 9.99. The molecule has 1 amide bonds. The molecule has 0 saturated carbocycles. The van der Waals surface area contributed by atoms with Crippen LogP contribution in [-0.4, -0.2) is 43.9 Å². The fraction of sp³-hybridized carbons (Fsp3) is 0.533. The average molecular weight is 278 g/mol. The van der Waals surface area contributed by atoms with Crippen molar-refractivity contribution >= 4 is 5.91 Å². The van der Waals surface area contributed by atoms with Gasteiger partial charge in [0.25, 0.3) is 0 Å². The standard InChI is InChI=1S/C15H22N2O3/c1-10(11-3-5-13(20-2)6-4-11)15(19)17-8-12-7-16-9-14(12)18/h3-6,10,12,14,16,18H,7-9H2,1-2H3,(H,17,19). The highest BCUT2D eigenvalue weighted by Gasteiger charge is 2.26. The highest BCUT2D eigenvalue weighted by atomic mass is 16.5. The van der Waals surface area contributed by atoms with Crippen LogP contribution < -0.4 is 15.4 Å². The second-order valence-corrected chi connectivity index (χ2v) is 5.23.